The van der Waals surface area contributed by atoms with Gasteiger partial charge in [-0.3, -0.25) is 15.6 Å². The molecule has 124 valence electrons. The van der Waals surface area contributed by atoms with Crippen molar-refractivity contribution in [1.82, 2.24) is 16.2 Å². The number of hydrogen-bond donors (Lipinski definition) is 3. The fraction of sp³-hybridized carbons (Fsp3) is 0.176. The van der Waals surface area contributed by atoms with Crippen molar-refractivity contribution in [3.8, 4) is 11.5 Å². The van der Waals surface area contributed by atoms with E-state index < -0.39 is 0 Å². The maximum Gasteiger partial charge on any atom is 0.269 e. The summed E-state index contributed by atoms with van der Waals surface area (Å²) in [5.41, 5.74) is 7.77. The first kappa shape index (κ1) is 16.1. The Morgan fingerprint density at radius 1 is 1.12 bits per heavy atom. The third-order valence-corrected chi connectivity index (χ3v) is 3.82. The lowest BCUT2D eigenvalue weighted by molar-refractivity contribution is 0.0943. The molecule has 7 heteroatoms. The van der Waals surface area contributed by atoms with E-state index in [2.05, 4.69) is 16.2 Å². The Hall–Kier alpha value is -2.80. The number of aryl methyl sites for hydroxylation is 1. The highest BCUT2D eigenvalue weighted by Crippen LogP contribution is 2.32. The Labute approximate surface area is 145 Å². The first-order valence-electron chi connectivity index (χ1n) is 7.42. The molecule has 1 heterocycles. The number of carbonyl (C=O) groups is 1. The van der Waals surface area contributed by atoms with Crippen LogP contribution in [0.5, 0.6) is 11.5 Å². The molecule has 2 aromatic rings. The van der Waals surface area contributed by atoms with Crippen LogP contribution in [-0.4, -0.2) is 17.8 Å². The normalized spacial score (nSPS) is 11.7. The molecule has 0 aliphatic carbocycles. The summed E-state index contributed by atoms with van der Waals surface area (Å²) in [6, 6.07) is 13.0. The molecule has 1 aliphatic rings. The van der Waals surface area contributed by atoms with E-state index in [1.807, 2.05) is 43.3 Å². The minimum atomic E-state index is -0.236. The number of benzene rings is 2. The molecule has 24 heavy (non-hydrogen) atoms. The molecule has 3 rings (SSSR count). The van der Waals surface area contributed by atoms with Crippen LogP contribution in [0.15, 0.2) is 42.5 Å². The predicted octanol–water partition coefficient (Wildman–Crippen LogP) is 2.03. The number of rotatable bonds is 3. The van der Waals surface area contributed by atoms with Gasteiger partial charge >= 0.3 is 0 Å². The van der Waals surface area contributed by atoms with Crippen LogP contribution in [0.3, 0.4) is 0 Å². The molecule has 0 aromatic heterocycles. The van der Waals surface area contributed by atoms with Crippen molar-refractivity contribution in [2.45, 2.75) is 13.5 Å². The zero-order chi connectivity index (χ0) is 16.9. The van der Waals surface area contributed by atoms with Crippen molar-refractivity contribution >= 4 is 23.2 Å². The van der Waals surface area contributed by atoms with E-state index in [0.29, 0.717) is 17.2 Å². The average Bonchev–Trinajstić information content (AvgIpc) is 3.06. The summed E-state index contributed by atoms with van der Waals surface area (Å²) in [4.78, 5) is 12.1. The molecule has 1 amide bonds. The number of ether oxygens (including phenoxy) is 2. The topological polar surface area (TPSA) is 71.6 Å². The summed E-state index contributed by atoms with van der Waals surface area (Å²) in [6.45, 7) is 2.63. The summed E-state index contributed by atoms with van der Waals surface area (Å²) < 4.78 is 10.6. The van der Waals surface area contributed by atoms with Gasteiger partial charge in [-0.25, -0.2) is 0 Å². The first-order valence-corrected chi connectivity index (χ1v) is 7.82. The fourth-order valence-corrected chi connectivity index (χ4v) is 2.41. The first-order chi connectivity index (χ1) is 11.6. The zero-order valence-electron chi connectivity index (χ0n) is 13.1. The minimum absolute atomic E-state index is 0.236. The highest BCUT2D eigenvalue weighted by atomic mass is 32.1. The molecule has 0 fully saturated rings. The van der Waals surface area contributed by atoms with Gasteiger partial charge in [0.1, 0.15) is 0 Å². The molecule has 0 radical (unpaired) electrons. The van der Waals surface area contributed by atoms with Gasteiger partial charge in [0.25, 0.3) is 5.91 Å². The summed E-state index contributed by atoms with van der Waals surface area (Å²) >= 11 is 5.16. The smallest absolute Gasteiger partial charge is 0.269 e. The minimum Gasteiger partial charge on any atom is -0.454 e. The van der Waals surface area contributed by atoms with E-state index in [9.17, 15) is 4.79 Å². The maximum absolute atomic E-state index is 12.1. The zero-order valence-corrected chi connectivity index (χ0v) is 13.9. The number of thiocarbonyl (C=S) groups is 1. The SMILES string of the molecule is Cc1ccccc1C(=O)NNC(=S)NCc1ccc2c(c1)OCO2. The molecule has 0 spiro atoms. The quantitative estimate of drug-likeness (QED) is 0.585. The van der Waals surface area contributed by atoms with E-state index in [-0.39, 0.29) is 12.7 Å². The number of nitrogens with one attached hydrogen (secondary N) is 3. The number of carbonyl (C=O) groups excluding carboxylic acids is 1. The van der Waals surface area contributed by atoms with Crippen LogP contribution >= 0.6 is 12.2 Å². The van der Waals surface area contributed by atoms with Crippen molar-refractivity contribution < 1.29 is 14.3 Å². The van der Waals surface area contributed by atoms with Gasteiger partial charge in [0.05, 0.1) is 0 Å². The molecule has 1 aliphatic heterocycles. The lowest BCUT2D eigenvalue weighted by Gasteiger charge is -2.12. The van der Waals surface area contributed by atoms with Gasteiger partial charge in [0, 0.05) is 12.1 Å². The van der Waals surface area contributed by atoms with E-state index in [1.165, 1.54) is 0 Å². The van der Waals surface area contributed by atoms with Crippen LogP contribution in [0.4, 0.5) is 0 Å². The summed E-state index contributed by atoms with van der Waals surface area (Å²) in [6.07, 6.45) is 0. The van der Waals surface area contributed by atoms with Crippen LogP contribution in [-0.2, 0) is 6.54 Å². The van der Waals surface area contributed by atoms with E-state index >= 15 is 0 Å². The van der Waals surface area contributed by atoms with Gasteiger partial charge < -0.3 is 14.8 Å². The van der Waals surface area contributed by atoms with Crippen LogP contribution in [0.1, 0.15) is 21.5 Å². The lowest BCUT2D eigenvalue weighted by Crippen LogP contribution is -2.46. The third-order valence-electron chi connectivity index (χ3n) is 3.57. The van der Waals surface area contributed by atoms with E-state index in [4.69, 9.17) is 21.7 Å². The molecule has 0 unspecified atom stereocenters. The Bertz CT molecular complexity index is 779. The van der Waals surface area contributed by atoms with Gasteiger partial charge in [-0.05, 0) is 48.5 Å². The molecule has 6 nitrogen and oxygen atoms in total. The van der Waals surface area contributed by atoms with Gasteiger partial charge in [0.2, 0.25) is 6.79 Å². The van der Waals surface area contributed by atoms with E-state index in [0.717, 1.165) is 22.6 Å². The molecule has 0 bridgehead atoms. The van der Waals surface area contributed by atoms with Crippen molar-refractivity contribution in [3.63, 3.8) is 0 Å². The molecular weight excluding hydrogens is 326 g/mol. The molecular formula is C17H17N3O3S. The Balaban J connectivity index is 1.48. The second-order valence-electron chi connectivity index (χ2n) is 5.26. The maximum atomic E-state index is 12.1. The van der Waals surface area contributed by atoms with Crippen LogP contribution in [0, 0.1) is 6.92 Å². The molecule has 0 saturated heterocycles. The van der Waals surface area contributed by atoms with Crippen molar-refractivity contribution in [2.75, 3.05) is 6.79 Å². The average molecular weight is 343 g/mol. The second-order valence-corrected chi connectivity index (χ2v) is 5.67. The largest absolute Gasteiger partial charge is 0.454 e. The summed E-state index contributed by atoms with van der Waals surface area (Å²) in [7, 11) is 0. The Morgan fingerprint density at radius 2 is 1.92 bits per heavy atom. The second kappa shape index (κ2) is 7.18. The standard InChI is InChI=1S/C17H17N3O3S/c1-11-4-2-3-5-13(11)16(21)19-20-17(24)18-9-12-6-7-14-15(8-12)23-10-22-14/h2-8H,9-10H2,1H3,(H,19,21)(H2,18,20,24). The molecule has 2 aromatic carbocycles. The van der Waals surface area contributed by atoms with Gasteiger partial charge in [-0.2, -0.15) is 0 Å². The number of hydrogen-bond acceptors (Lipinski definition) is 4. The third kappa shape index (κ3) is 3.75. The van der Waals surface area contributed by atoms with Crippen LogP contribution < -0.4 is 25.6 Å². The number of hydrazine groups is 1. The fourth-order valence-electron chi connectivity index (χ4n) is 2.29. The van der Waals surface area contributed by atoms with Crippen LogP contribution in [0.2, 0.25) is 0 Å². The summed E-state index contributed by atoms with van der Waals surface area (Å²) in [5, 5.41) is 3.35. The van der Waals surface area contributed by atoms with Crippen molar-refractivity contribution in [3.05, 3.63) is 59.2 Å². The number of fused-ring (bicyclic) bond motifs is 1. The van der Waals surface area contributed by atoms with Crippen molar-refractivity contribution in [1.29, 1.82) is 0 Å². The van der Waals surface area contributed by atoms with Crippen molar-refractivity contribution in [2.24, 2.45) is 0 Å². The highest BCUT2D eigenvalue weighted by molar-refractivity contribution is 7.80. The predicted molar refractivity (Wildman–Crippen MR) is 93.8 cm³/mol. The lowest BCUT2D eigenvalue weighted by atomic mass is 10.1. The summed E-state index contributed by atoms with van der Waals surface area (Å²) in [5.74, 6) is 1.23. The number of amides is 1. The molecule has 0 saturated carbocycles. The monoisotopic (exact) mass is 343 g/mol. The van der Waals surface area contributed by atoms with Gasteiger partial charge in [-0.1, -0.05) is 24.3 Å². The Kier molecular flexibility index (Phi) is 4.81. The van der Waals surface area contributed by atoms with E-state index in [1.54, 1.807) is 6.07 Å². The van der Waals surface area contributed by atoms with Crippen LogP contribution in [0.25, 0.3) is 0 Å². The molecule has 0 atom stereocenters. The molecule has 3 N–H and O–H groups in total. The van der Waals surface area contributed by atoms with Gasteiger partial charge in [-0.15, -0.1) is 0 Å². The van der Waals surface area contributed by atoms with Gasteiger partial charge in [0.15, 0.2) is 16.6 Å². The Morgan fingerprint density at radius 3 is 2.75 bits per heavy atom. The highest BCUT2D eigenvalue weighted by Gasteiger charge is 2.13.